The molecule has 3 rings (SSSR count). The van der Waals surface area contributed by atoms with Crippen LogP contribution in [0.2, 0.25) is 0 Å². The van der Waals surface area contributed by atoms with Crippen molar-refractivity contribution in [1.29, 1.82) is 0 Å². The van der Waals surface area contributed by atoms with Gasteiger partial charge < -0.3 is 0 Å². The second kappa shape index (κ2) is 8.43. The van der Waals surface area contributed by atoms with Crippen LogP contribution in [-0.2, 0) is 0 Å². The Kier molecular flexibility index (Phi) is 5.97. The standard InChI is InChI=1S/C24H17F5/c1-14-3-5-16(6-4-14)7-8-17-9-10-18(11-15(17)2)22(27)23(28)19-12-20(25)24(29)21(26)13-19/h3-13H,1-2H3/b8-7-,23-22+. The number of halogens is 5. The average Bonchev–Trinajstić information content (AvgIpc) is 2.70. The van der Waals surface area contributed by atoms with Crippen molar-refractivity contribution in [2.45, 2.75) is 13.8 Å². The number of hydrogen-bond donors (Lipinski definition) is 0. The molecule has 0 bridgehead atoms. The summed E-state index contributed by atoms with van der Waals surface area (Å²) in [6.07, 6.45) is 3.75. The summed E-state index contributed by atoms with van der Waals surface area (Å²) in [6.45, 7) is 3.73. The highest BCUT2D eigenvalue weighted by Crippen LogP contribution is 2.31. The van der Waals surface area contributed by atoms with Crippen LogP contribution in [0, 0.1) is 31.3 Å². The molecule has 29 heavy (non-hydrogen) atoms. The number of aryl methyl sites for hydroxylation is 2. The molecule has 0 saturated carbocycles. The molecule has 0 aliphatic heterocycles. The molecule has 0 radical (unpaired) electrons. The van der Waals surface area contributed by atoms with Gasteiger partial charge in [-0.25, -0.2) is 22.0 Å². The Labute approximate surface area is 165 Å². The van der Waals surface area contributed by atoms with Gasteiger partial charge in [0.15, 0.2) is 29.1 Å². The van der Waals surface area contributed by atoms with Gasteiger partial charge in [-0.1, -0.05) is 54.1 Å². The smallest absolute Gasteiger partial charge is 0.194 e. The van der Waals surface area contributed by atoms with Gasteiger partial charge in [0, 0.05) is 11.1 Å². The van der Waals surface area contributed by atoms with Crippen LogP contribution in [-0.4, -0.2) is 0 Å². The lowest BCUT2D eigenvalue weighted by atomic mass is 10.0. The third kappa shape index (κ3) is 4.62. The van der Waals surface area contributed by atoms with Gasteiger partial charge in [0.1, 0.15) is 0 Å². The van der Waals surface area contributed by atoms with Crippen LogP contribution in [0.3, 0.4) is 0 Å². The van der Waals surface area contributed by atoms with Crippen LogP contribution in [0.1, 0.15) is 33.4 Å². The first kappa shape index (κ1) is 20.5. The number of benzene rings is 3. The number of rotatable bonds is 4. The summed E-state index contributed by atoms with van der Waals surface area (Å²) in [5.41, 5.74) is 2.84. The van der Waals surface area contributed by atoms with Crippen molar-refractivity contribution >= 4 is 23.8 Å². The van der Waals surface area contributed by atoms with Gasteiger partial charge in [-0.15, -0.1) is 0 Å². The topological polar surface area (TPSA) is 0 Å². The third-order valence-electron chi connectivity index (χ3n) is 4.49. The van der Waals surface area contributed by atoms with E-state index in [-0.39, 0.29) is 5.56 Å². The van der Waals surface area contributed by atoms with Gasteiger partial charge in [-0.3, -0.25) is 0 Å². The zero-order valence-electron chi connectivity index (χ0n) is 15.7. The molecule has 0 aliphatic rings. The molecule has 0 aliphatic carbocycles. The maximum absolute atomic E-state index is 14.5. The first-order valence-corrected chi connectivity index (χ1v) is 8.82. The fourth-order valence-corrected chi connectivity index (χ4v) is 2.80. The lowest BCUT2D eigenvalue weighted by molar-refractivity contribution is 0.446. The Balaban J connectivity index is 1.90. The summed E-state index contributed by atoms with van der Waals surface area (Å²) < 4.78 is 68.5. The minimum Gasteiger partial charge on any atom is -0.204 e. The largest absolute Gasteiger partial charge is 0.204 e. The first-order valence-electron chi connectivity index (χ1n) is 8.82. The summed E-state index contributed by atoms with van der Waals surface area (Å²) in [5.74, 6) is -7.66. The second-order valence-electron chi connectivity index (χ2n) is 6.70. The van der Waals surface area contributed by atoms with Crippen LogP contribution in [0.4, 0.5) is 22.0 Å². The summed E-state index contributed by atoms with van der Waals surface area (Å²) in [7, 11) is 0. The van der Waals surface area contributed by atoms with Crippen molar-refractivity contribution in [3.63, 3.8) is 0 Å². The molecule has 0 amide bonds. The van der Waals surface area contributed by atoms with Crippen LogP contribution in [0.25, 0.3) is 23.8 Å². The molecular weight excluding hydrogens is 383 g/mol. The van der Waals surface area contributed by atoms with E-state index < -0.39 is 34.7 Å². The van der Waals surface area contributed by atoms with Crippen LogP contribution in [0.15, 0.2) is 54.6 Å². The van der Waals surface area contributed by atoms with Crippen LogP contribution < -0.4 is 0 Å². The van der Waals surface area contributed by atoms with Gasteiger partial charge in [-0.05, 0) is 48.7 Å². The Morgan fingerprint density at radius 2 is 1.28 bits per heavy atom. The molecule has 3 aromatic rings. The van der Waals surface area contributed by atoms with Crippen LogP contribution >= 0.6 is 0 Å². The molecule has 0 N–H and O–H groups in total. The molecule has 0 fully saturated rings. The quantitative estimate of drug-likeness (QED) is 0.240. The maximum atomic E-state index is 14.5. The highest BCUT2D eigenvalue weighted by atomic mass is 19.2. The molecule has 0 aromatic heterocycles. The summed E-state index contributed by atoms with van der Waals surface area (Å²) in [5, 5.41) is 0. The molecule has 0 unspecified atom stereocenters. The van der Waals surface area contributed by atoms with E-state index in [0.29, 0.717) is 17.7 Å². The van der Waals surface area contributed by atoms with Crippen molar-refractivity contribution < 1.29 is 22.0 Å². The third-order valence-corrected chi connectivity index (χ3v) is 4.49. The fraction of sp³-hybridized carbons (Fsp3) is 0.0833. The van der Waals surface area contributed by atoms with Crippen LogP contribution in [0.5, 0.6) is 0 Å². The molecule has 3 aromatic carbocycles. The van der Waals surface area contributed by atoms with Crippen molar-refractivity contribution in [1.82, 2.24) is 0 Å². The molecule has 0 heterocycles. The van der Waals surface area contributed by atoms with E-state index in [2.05, 4.69) is 0 Å². The molecule has 148 valence electrons. The highest BCUT2D eigenvalue weighted by Gasteiger charge is 2.17. The monoisotopic (exact) mass is 400 g/mol. The summed E-state index contributed by atoms with van der Waals surface area (Å²) in [6, 6.07) is 13.2. The predicted octanol–water partition coefficient (Wildman–Crippen LogP) is 7.66. The molecule has 0 nitrogen and oxygen atoms in total. The lowest BCUT2D eigenvalue weighted by Crippen LogP contribution is -1.94. The SMILES string of the molecule is Cc1ccc(/C=C\c2ccc(/C(F)=C(\F)c3cc(F)c(F)c(F)c3)cc2C)cc1. The molecular formula is C24H17F5. The molecule has 5 heteroatoms. The van der Waals surface area contributed by atoms with E-state index >= 15 is 0 Å². The van der Waals surface area contributed by atoms with Gasteiger partial charge >= 0.3 is 0 Å². The normalized spacial score (nSPS) is 12.4. The van der Waals surface area contributed by atoms with Gasteiger partial charge in [0.25, 0.3) is 0 Å². The Morgan fingerprint density at radius 1 is 0.690 bits per heavy atom. The Bertz CT molecular complexity index is 1090. The fourth-order valence-electron chi connectivity index (χ4n) is 2.80. The van der Waals surface area contributed by atoms with E-state index in [1.165, 1.54) is 12.1 Å². The molecule has 0 atom stereocenters. The number of hydrogen-bond acceptors (Lipinski definition) is 0. The Hall–Kier alpha value is -3.21. The van der Waals surface area contributed by atoms with Gasteiger partial charge in [-0.2, -0.15) is 0 Å². The second-order valence-corrected chi connectivity index (χ2v) is 6.70. The highest BCUT2D eigenvalue weighted by molar-refractivity contribution is 5.84. The van der Waals surface area contributed by atoms with Crippen molar-refractivity contribution in [3.05, 3.63) is 105 Å². The summed E-state index contributed by atoms with van der Waals surface area (Å²) >= 11 is 0. The van der Waals surface area contributed by atoms with E-state index in [1.807, 2.05) is 43.3 Å². The van der Waals surface area contributed by atoms with Gasteiger partial charge in [0.05, 0.1) is 0 Å². The van der Waals surface area contributed by atoms with Gasteiger partial charge in [0.2, 0.25) is 0 Å². The average molecular weight is 400 g/mol. The minimum atomic E-state index is -1.73. The first-order chi connectivity index (χ1) is 13.8. The molecule has 0 spiro atoms. The Morgan fingerprint density at radius 3 is 1.86 bits per heavy atom. The van der Waals surface area contributed by atoms with Crippen molar-refractivity contribution in [2.75, 3.05) is 0 Å². The van der Waals surface area contributed by atoms with E-state index in [4.69, 9.17) is 0 Å². The van der Waals surface area contributed by atoms with Crippen molar-refractivity contribution in [2.24, 2.45) is 0 Å². The maximum Gasteiger partial charge on any atom is 0.194 e. The predicted molar refractivity (Wildman–Crippen MR) is 107 cm³/mol. The van der Waals surface area contributed by atoms with E-state index in [0.717, 1.165) is 16.7 Å². The van der Waals surface area contributed by atoms with E-state index in [1.54, 1.807) is 13.0 Å². The summed E-state index contributed by atoms with van der Waals surface area (Å²) in [4.78, 5) is 0. The van der Waals surface area contributed by atoms with E-state index in [9.17, 15) is 22.0 Å². The van der Waals surface area contributed by atoms with Crippen molar-refractivity contribution in [3.8, 4) is 0 Å². The lowest BCUT2D eigenvalue weighted by Gasteiger charge is -2.07. The molecule has 0 saturated heterocycles. The zero-order valence-corrected chi connectivity index (χ0v) is 15.7. The minimum absolute atomic E-state index is 0.0855. The zero-order chi connectivity index (χ0) is 21.1.